The molecular weight excluding hydrogens is 322 g/mol. The Morgan fingerprint density at radius 2 is 1.67 bits per heavy atom. The van der Waals surface area contributed by atoms with Gasteiger partial charge in [0.1, 0.15) is 0 Å². The summed E-state index contributed by atoms with van der Waals surface area (Å²) in [5.74, 6) is 1.24. The van der Waals surface area contributed by atoms with Gasteiger partial charge in [-0.2, -0.15) is 4.98 Å². The highest BCUT2D eigenvalue weighted by Crippen LogP contribution is 2.24. The van der Waals surface area contributed by atoms with E-state index in [1.165, 1.54) is 18.5 Å². The molecule has 1 aromatic heterocycles. The second kappa shape index (κ2) is 6.65. The summed E-state index contributed by atoms with van der Waals surface area (Å²) in [5, 5.41) is 4.83. The van der Waals surface area contributed by atoms with E-state index in [1.807, 2.05) is 24.3 Å². The molecule has 4 rings (SSSR count). The van der Waals surface area contributed by atoms with E-state index >= 15 is 0 Å². The van der Waals surface area contributed by atoms with Crippen LogP contribution in [0.1, 0.15) is 24.3 Å². The predicted molar refractivity (Wildman–Crippen MR) is 95.4 cm³/mol. The molecule has 24 heavy (non-hydrogen) atoms. The van der Waals surface area contributed by atoms with E-state index in [0.29, 0.717) is 18.1 Å². The minimum Gasteiger partial charge on any atom is -0.372 e. The molecule has 0 bridgehead atoms. The Hall–Kier alpha value is -2.33. The van der Waals surface area contributed by atoms with Crippen LogP contribution in [0.2, 0.25) is 5.02 Å². The zero-order chi connectivity index (χ0) is 16.4. The van der Waals surface area contributed by atoms with Gasteiger partial charge in [0, 0.05) is 29.4 Å². The first kappa shape index (κ1) is 15.2. The molecule has 0 unspecified atom stereocenters. The first-order valence-electron chi connectivity index (χ1n) is 8.20. The monoisotopic (exact) mass is 339 g/mol. The van der Waals surface area contributed by atoms with Gasteiger partial charge in [0.2, 0.25) is 11.7 Å². The van der Waals surface area contributed by atoms with Crippen LogP contribution in [0.25, 0.3) is 11.4 Å². The summed E-state index contributed by atoms with van der Waals surface area (Å²) in [6.07, 6.45) is 3.16. The highest BCUT2D eigenvalue weighted by atomic mass is 35.5. The van der Waals surface area contributed by atoms with Gasteiger partial charge in [-0.1, -0.05) is 28.9 Å². The number of nitrogens with zero attached hydrogens (tertiary/aromatic N) is 3. The van der Waals surface area contributed by atoms with Crippen molar-refractivity contribution in [2.24, 2.45) is 0 Å². The summed E-state index contributed by atoms with van der Waals surface area (Å²) < 4.78 is 5.38. The molecule has 4 nitrogen and oxygen atoms in total. The van der Waals surface area contributed by atoms with Crippen LogP contribution in [0.4, 0.5) is 5.69 Å². The van der Waals surface area contributed by atoms with Gasteiger partial charge in [-0.05, 0) is 54.8 Å². The maximum Gasteiger partial charge on any atom is 0.231 e. The smallest absolute Gasteiger partial charge is 0.231 e. The number of halogens is 1. The van der Waals surface area contributed by atoms with Crippen molar-refractivity contribution in [1.82, 2.24) is 10.1 Å². The summed E-state index contributed by atoms with van der Waals surface area (Å²) >= 11 is 5.90. The molecule has 0 saturated carbocycles. The van der Waals surface area contributed by atoms with Crippen molar-refractivity contribution < 1.29 is 4.52 Å². The van der Waals surface area contributed by atoms with Crippen molar-refractivity contribution in [3.8, 4) is 11.4 Å². The SMILES string of the molecule is Clc1ccc(Cc2nc(-c3ccc(N4CCCC4)cc3)no2)cc1. The van der Waals surface area contributed by atoms with Crippen molar-refractivity contribution in [3.05, 3.63) is 65.0 Å². The molecule has 2 heterocycles. The highest BCUT2D eigenvalue weighted by Gasteiger charge is 2.13. The second-order valence-corrected chi connectivity index (χ2v) is 6.49. The normalized spacial score (nSPS) is 14.3. The lowest BCUT2D eigenvalue weighted by molar-refractivity contribution is 0.385. The molecule has 2 aromatic carbocycles. The van der Waals surface area contributed by atoms with Crippen LogP contribution in [0, 0.1) is 0 Å². The fourth-order valence-electron chi connectivity index (χ4n) is 3.02. The van der Waals surface area contributed by atoms with Gasteiger partial charge in [-0.15, -0.1) is 0 Å². The van der Waals surface area contributed by atoms with Gasteiger partial charge >= 0.3 is 0 Å². The molecule has 0 atom stereocenters. The van der Waals surface area contributed by atoms with E-state index in [0.717, 1.165) is 29.2 Å². The standard InChI is InChI=1S/C19H18ClN3O/c20-16-7-3-14(4-8-16)13-18-21-19(22-24-18)15-5-9-17(10-6-15)23-11-1-2-12-23/h3-10H,1-2,11-13H2. The Kier molecular flexibility index (Phi) is 4.22. The molecule has 1 aliphatic rings. The van der Waals surface area contributed by atoms with Crippen molar-refractivity contribution in [2.75, 3.05) is 18.0 Å². The van der Waals surface area contributed by atoms with Crippen LogP contribution in [0.3, 0.4) is 0 Å². The van der Waals surface area contributed by atoms with Crippen molar-refractivity contribution in [1.29, 1.82) is 0 Å². The fourth-order valence-corrected chi connectivity index (χ4v) is 3.14. The van der Waals surface area contributed by atoms with Crippen LogP contribution in [-0.4, -0.2) is 23.2 Å². The predicted octanol–water partition coefficient (Wildman–Crippen LogP) is 4.58. The van der Waals surface area contributed by atoms with E-state index < -0.39 is 0 Å². The Morgan fingerprint density at radius 1 is 0.958 bits per heavy atom. The highest BCUT2D eigenvalue weighted by molar-refractivity contribution is 6.30. The average molecular weight is 340 g/mol. The van der Waals surface area contributed by atoms with Crippen LogP contribution in [0.15, 0.2) is 53.1 Å². The Labute approximate surface area is 146 Å². The van der Waals surface area contributed by atoms with Crippen molar-refractivity contribution in [3.63, 3.8) is 0 Å². The number of hydrogen-bond acceptors (Lipinski definition) is 4. The van der Waals surface area contributed by atoms with E-state index in [2.05, 4.69) is 39.3 Å². The van der Waals surface area contributed by atoms with Crippen LogP contribution in [0.5, 0.6) is 0 Å². The minimum absolute atomic E-state index is 0.607. The number of benzene rings is 2. The zero-order valence-electron chi connectivity index (χ0n) is 13.3. The average Bonchev–Trinajstić information content (AvgIpc) is 3.29. The molecule has 1 aliphatic heterocycles. The minimum atomic E-state index is 0.607. The van der Waals surface area contributed by atoms with Crippen LogP contribution >= 0.6 is 11.6 Å². The van der Waals surface area contributed by atoms with E-state index in [-0.39, 0.29) is 0 Å². The maximum absolute atomic E-state index is 5.90. The lowest BCUT2D eigenvalue weighted by Crippen LogP contribution is -2.17. The molecule has 5 heteroatoms. The number of anilines is 1. The fraction of sp³-hybridized carbons (Fsp3) is 0.263. The van der Waals surface area contributed by atoms with Gasteiger partial charge in [-0.25, -0.2) is 0 Å². The third-order valence-corrected chi connectivity index (χ3v) is 4.59. The first-order chi connectivity index (χ1) is 11.8. The van der Waals surface area contributed by atoms with Crippen molar-refractivity contribution in [2.45, 2.75) is 19.3 Å². The van der Waals surface area contributed by atoms with E-state index in [9.17, 15) is 0 Å². The molecule has 0 amide bonds. The maximum atomic E-state index is 5.90. The molecular formula is C19H18ClN3O. The molecule has 122 valence electrons. The number of rotatable bonds is 4. The Balaban J connectivity index is 1.48. The molecule has 0 aliphatic carbocycles. The summed E-state index contributed by atoms with van der Waals surface area (Å²) in [5.41, 5.74) is 3.34. The van der Waals surface area contributed by atoms with Gasteiger partial charge < -0.3 is 9.42 Å². The number of hydrogen-bond donors (Lipinski definition) is 0. The summed E-state index contributed by atoms with van der Waals surface area (Å²) in [6, 6.07) is 16.1. The summed E-state index contributed by atoms with van der Waals surface area (Å²) in [7, 11) is 0. The third kappa shape index (κ3) is 3.29. The molecule has 1 saturated heterocycles. The topological polar surface area (TPSA) is 42.2 Å². The van der Waals surface area contributed by atoms with Gasteiger partial charge in [0.15, 0.2) is 0 Å². The second-order valence-electron chi connectivity index (χ2n) is 6.06. The molecule has 0 spiro atoms. The van der Waals surface area contributed by atoms with Gasteiger partial charge in [0.05, 0.1) is 6.42 Å². The Bertz CT molecular complexity index is 805. The van der Waals surface area contributed by atoms with Crippen LogP contribution in [-0.2, 0) is 6.42 Å². The summed E-state index contributed by atoms with van der Waals surface area (Å²) in [6.45, 7) is 2.29. The zero-order valence-corrected chi connectivity index (χ0v) is 14.0. The molecule has 0 N–H and O–H groups in total. The van der Waals surface area contributed by atoms with Crippen LogP contribution < -0.4 is 4.90 Å². The van der Waals surface area contributed by atoms with Gasteiger partial charge in [-0.3, -0.25) is 0 Å². The number of aromatic nitrogens is 2. The first-order valence-corrected chi connectivity index (χ1v) is 8.58. The van der Waals surface area contributed by atoms with Crippen molar-refractivity contribution >= 4 is 17.3 Å². The quantitative estimate of drug-likeness (QED) is 0.697. The lowest BCUT2D eigenvalue weighted by atomic mass is 10.1. The summed E-state index contributed by atoms with van der Waals surface area (Å²) in [4.78, 5) is 6.91. The third-order valence-electron chi connectivity index (χ3n) is 4.33. The molecule has 1 fully saturated rings. The Morgan fingerprint density at radius 3 is 2.38 bits per heavy atom. The largest absolute Gasteiger partial charge is 0.372 e. The molecule has 3 aromatic rings. The lowest BCUT2D eigenvalue weighted by Gasteiger charge is -2.17. The van der Waals surface area contributed by atoms with E-state index in [4.69, 9.17) is 16.1 Å². The van der Waals surface area contributed by atoms with Gasteiger partial charge in [0.25, 0.3) is 0 Å². The van der Waals surface area contributed by atoms with E-state index in [1.54, 1.807) is 0 Å². The molecule has 0 radical (unpaired) electrons.